The van der Waals surface area contributed by atoms with Crippen molar-refractivity contribution in [3.8, 4) is 0 Å². The molecular formula is C17H26N2O2. The molecule has 1 fully saturated rings. The van der Waals surface area contributed by atoms with Crippen LogP contribution in [0, 0.1) is 6.92 Å². The van der Waals surface area contributed by atoms with Crippen molar-refractivity contribution in [3.05, 3.63) is 29.3 Å². The molecule has 0 spiro atoms. The van der Waals surface area contributed by atoms with Crippen LogP contribution in [0.2, 0.25) is 0 Å². The number of aryl methyl sites for hydroxylation is 1. The Balaban J connectivity index is 2.29. The standard InChI is InChI=1S/C17H26N2O2/c1-5-8-18-15-11-13(2)6-7-14(15)16(20)19-9-10-21-12-17(19,3)4/h6-7,11,18H,5,8-10,12H2,1-4H3. The summed E-state index contributed by atoms with van der Waals surface area (Å²) in [5.74, 6) is 0.0851. The van der Waals surface area contributed by atoms with Gasteiger partial charge in [0.2, 0.25) is 0 Å². The van der Waals surface area contributed by atoms with Crippen LogP contribution in [0.5, 0.6) is 0 Å². The third-order valence-electron chi connectivity index (χ3n) is 3.86. The number of ether oxygens (including phenoxy) is 1. The van der Waals surface area contributed by atoms with Crippen molar-refractivity contribution < 1.29 is 9.53 Å². The Hall–Kier alpha value is -1.55. The highest BCUT2D eigenvalue weighted by Gasteiger charge is 2.35. The fourth-order valence-corrected chi connectivity index (χ4v) is 2.63. The summed E-state index contributed by atoms with van der Waals surface area (Å²) in [7, 11) is 0. The van der Waals surface area contributed by atoms with Crippen molar-refractivity contribution >= 4 is 11.6 Å². The third-order valence-corrected chi connectivity index (χ3v) is 3.86. The largest absolute Gasteiger partial charge is 0.384 e. The number of rotatable bonds is 4. The van der Waals surface area contributed by atoms with Gasteiger partial charge in [0.25, 0.3) is 5.91 Å². The van der Waals surface area contributed by atoms with E-state index in [1.54, 1.807) is 0 Å². The molecular weight excluding hydrogens is 264 g/mol. The van der Waals surface area contributed by atoms with Gasteiger partial charge in [-0.15, -0.1) is 0 Å². The quantitative estimate of drug-likeness (QED) is 0.926. The van der Waals surface area contributed by atoms with Gasteiger partial charge in [0.15, 0.2) is 0 Å². The molecule has 0 bridgehead atoms. The van der Waals surface area contributed by atoms with Gasteiger partial charge in [-0.05, 0) is 44.9 Å². The molecule has 0 aromatic heterocycles. The highest BCUT2D eigenvalue weighted by Crippen LogP contribution is 2.25. The summed E-state index contributed by atoms with van der Waals surface area (Å²) in [4.78, 5) is 14.9. The third kappa shape index (κ3) is 3.56. The second kappa shape index (κ2) is 6.48. The van der Waals surface area contributed by atoms with Gasteiger partial charge in [-0.1, -0.05) is 13.0 Å². The molecule has 1 aliphatic heterocycles. The van der Waals surface area contributed by atoms with Gasteiger partial charge in [0, 0.05) is 18.8 Å². The zero-order valence-electron chi connectivity index (χ0n) is 13.5. The summed E-state index contributed by atoms with van der Waals surface area (Å²) >= 11 is 0. The van der Waals surface area contributed by atoms with Crippen molar-refractivity contribution in [2.45, 2.75) is 39.7 Å². The molecule has 0 unspecified atom stereocenters. The van der Waals surface area contributed by atoms with Crippen molar-refractivity contribution in [2.24, 2.45) is 0 Å². The highest BCUT2D eigenvalue weighted by molar-refractivity contribution is 6.00. The topological polar surface area (TPSA) is 41.6 Å². The van der Waals surface area contributed by atoms with Crippen molar-refractivity contribution in [1.29, 1.82) is 0 Å². The predicted molar refractivity (Wildman–Crippen MR) is 85.9 cm³/mol. The van der Waals surface area contributed by atoms with Gasteiger partial charge in [-0.25, -0.2) is 0 Å². The minimum atomic E-state index is -0.262. The van der Waals surface area contributed by atoms with Gasteiger partial charge in [0.05, 0.1) is 24.3 Å². The van der Waals surface area contributed by atoms with Crippen molar-refractivity contribution in [3.63, 3.8) is 0 Å². The highest BCUT2D eigenvalue weighted by atomic mass is 16.5. The molecule has 4 nitrogen and oxygen atoms in total. The fraction of sp³-hybridized carbons (Fsp3) is 0.588. The monoisotopic (exact) mass is 290 g/mol. The number of nitrogens with zero attached hydrogens (tertiary/aromatic N) is 1. The smallest absolute Gasteiger partial charge is 0.256 e. The van der Waals surface area contributed by atoms with Crippen LogP contribution in [0.1, 0.15) is 43.1 Å². The van der Waals surface area contributed by atoms with Crippen LogP contribution >= 0.6 is 0 Å². The summed E-state index contributed by atoms with van der Waals surface area (Å²) in [6.07, 6.45) is 1.03. The van der Waals surface area contributed by atoms with Crippen molar-refractivity contribution in [2.75, 3.05) is 31.6 Å². The van der Waals surface area contributed by atoms with E-state index < -0.39 is 0 Å². The molecule has 0 radical (unpaired) electrons. The lowest BCUT2D eigenvalue weighted by Crippen LogP contribution is -2.55. The zero-order valence-corrected chi connectivity index (χ0v) is 13.5. The van der Waals surface area contributed by atoms with E-state index in [9.17, 15) is 4.79 Å². The van der Waals surface area contributed by atoms with E-state index in [0.29, 0.717) is 19.8 Å². The summed E-state index contributed by atoms with van der Waals surface area (Å²) in [5, 5.41) is 3.37. The van der Waals surface area contributed by atoms with E-state index in [0.717, 1.165) is 29.8 Å². The van der Waals surface area contributed by atoms with E-state index in [-0.39, 0.29) is 11.4 Å². The van der Waals surface area contributed by atoms with Crippen molar-refractivity contribution in [1.82, 2.24) is 4.90 Å². The van der Waals surface area contributed by atoms with Crippen LogP contribution in [0.15, 0.2) is 18.2 Å². The van der Waals surface area contributed by atoms with Gasteiger partial charge in [-0.3, -0.25) is 4.79 Å². The molecule has 1 saturated heterocycles. The maximum Gasteiger partial charge on any atom is 0.256 e. The molecule has 116 valence electrons. The number of morpholine rings is 1. The van der Waals surface area contributed by atoms with Crippen LogP contribution in [0.25, 0.3) is 0 Å². The number of anilines is 1. The van der Waals surface area contributed by atoms with Crippen LogP contribution in [-0.4, -0.2) is 42.6 Å². The Kier molecular flexibility index (Phi) is 4.88. The van der Waals surface area contributed by atoms with E-state index in [4.69, 9.17) is 4.74 Å². The number of carbonyl (C=O) groups excluding carboxylic acids is 1. The summed E-state index contributed by atoms with van der Waals surface area (Å²) in [6, 6.07) is 5.98. The summed E-state index contributed by atoms with van der Waals surface area (Å²) in [6.45, 7) is 11.0. The molecule has 0 atom stereocenters. The maximum atomic E-state index is 12.9. The Morgan fingerprint density at radius 3 is 2.86 bits per heavy atom. The lowest BCUT2D eigenvalue weighted by atomic mass is 9.99. The predicted octanol–water partition coefficient (Wildman–Crippen LogP) is 3.07. The molecule has 4 heteroatoms. The van der Waals surface area contributed by atoms with Crippen LogP contribution in [-0.2, 0) is 4.74 Å². The number of benzene rings is 1. The van der Waals surface area contributed by atoms with E-state index >= 15 is 0 Å². The first-order valence-corrected chi connectivity index (χ1v) is 7.70. The number of nitrogens with one attached hydrogen (secondary N) is 1. The number of hydrogen-bond donors (Lipinski definition) is 1. The van der Waals surface area contributed by atoms with Gasteiger partial charge in [-0.2, -0.15) is 0 Å². The lowest BCUT2D eigenvalue weighted by molar-refractivity contribution is -0.0370. The molecule has 2 rings (SSSR count). The normalized spacial score (nSPS) is 17.6. The van der Waals surface area contributed by atoms with Gasteiger partial charge < -0.3 is 15.0 Å². The number of hydrogen-bond acceptors (Lipinski definition) is 3. The average molecular weight is 290 g/mol. The molecule has 1 aromatic carbocycles. The molecule has 21 heavy (non-hydrogen) atoms. The minimum absolute atomic E-state index is 0.0851. The lowest BCUT2D eigenvalue weighted by Gasteiger charge is -2.42. The molecule has 1 aliphatic rings. The zero-order chi connectivity index (χ0) is 15.5. The van der Waals surface area contributed by atoms with E-state index in [1.807, 2.05) is 24.0 Å². The molecule has 1 heterocycles. The Labute approximate surface area is 127 Å². The first kappa shape index (κ1) is 15.8. The second-order valence-corrected chi connectivity index (χ2v) is 6.30. The van der Waals surface area contributed by atoms with E-state index in [2.05, 4.69) is 32.2 Å². The molecule has 0 saturated carbocycles. The first-order chi connectivity index (χ1) is 9.95. The first-order valence-electron chi connectivity index (χ1n) is 7.70. The molecule has 1 N–H and O–H groups in total. The van der Waals surface area contributed by atoms with Crippen LogP contribution in [0.4, 0.5) is 5.69 Å². The van der Waals surface area contributed by atoms with Crippen LogP contribution in [0.3, 0.4) is 0 Å². The Morgan fingerprint density at radius 2 is 2.19 bits per heavy atom. The summed E-state index contributed by atoms with van der Waals surface area (Å²) in [5.41, 5.74) is 2.59. The molecule has 1 amide bonds. The Morgan fingerprint density at radius 1 is 1.43 bits per heavy atom. The second-order valence-electron chi connectivity index (χ2n) is 6.30. The maximum absolute atomic E-state index is 12.9. The summed E-state index contributed by atoms with van der Waals surface area (Å²) < 4.78 is 5.51. The number of carbonyl (C=O) groups is 1. The SMILES string of the molecule is CCCNc1cc(C)ccc1C(=O)N1CCOCC1(C)C. The Bertz CT molecular complexity index is 512. The fourth-order valence-electron chi connectivity index (χ4n) is 2.63. The number of amides is 1. The average Bonchev–Trinajstić information content (AvgIpc) is 2.44. The molecule has 0 aliphatic carbocycles. The van der Waals surface area contributed by atoms with E-state index in [1.165, 1.54) is 0 Å². The molecule has 1 aromatic rings. The van der Waals surface area contributed by atoms with Crippen LogP contribution < -0.4 is 5.32 Å². The van der Waals surface area contributed by atoms with Gasteiger partial charge >= 0.3 is 0 Å². The van der Waals surface area contributed by atoms with Gasteiger partial charge in [0.1, 0.15) is 0 Å². The minimum Gasteiger partial charge on any atom is -0.384 e.